The van der Waals surface area contributed by atoms with Crippen LogP contribution in [0.5, 0.6) is 11.5 Å². The van der Waals surface area contributed by atoms with E-state index < -0.39 is 0 Å². The van der Waals surface area contributed by atoms with E-state index in [-0.39, 0.29) is 43.4 Å². The number of halogens is 1. The summed E-state index contributed by atoms with van der Waals surface area (Å²) in [6.45, 7) is 4.59. The summed E-state index contributed by atoms with van der Waals surface area (Å²) >= 11 is 1.65. The molecule has 0 radical (unpaired) electrons. The third-order valence-corrected chi connectivity index (χ3v) is 6.92. The second-order valence-electron chi connectivity index (χ2n) is 8.12. The predicted octanol–water partition coefficient (Wildman–Crippen LogP) is 4.73. The molecule has 6 nitrogen and oxygen atoms in total. The highest BCUT2D eigenvalue weighted by molar-refractivity contribution is 7.10. The van der Waals surface area contributed by atoms with Crippen LogP contribution in [0.25, 0.3) is 0 Å². The fraction of sp³-hybridized carbons (Fsp3) is 0.259. The molecule has 2 amide bonds. The van der Waals surface area contributed by atoms with Gasteiger partial charge in [-0.05, 0) is 59.8 Å². The Kier molecular flexibility index (Phi) is 7.82. The van der Waals surface area contributed by atoms with Crippen LogP contribution in [-0.4, -0.2) is 55.0 Å². The molecule has 0 aliphatic carbocycles. The number of carbonyl (C=O) groups excluding carboxylic acids is 2. The molecular weight excluding hydrogens is 467 g/mol. The molecule has 8 heteroatoms. The average molecular weight is 495 g/mol. The number of amides is 2. The number of hydrogen-bond acceptors (Lipinski definition) is 5. The molecule has 2 heterocycles. The maximum Gasteiger partial charge on any atom is 0.254 e. The van der Waals surface area contributed by atoms with Gasteiger partial charge in [0.1, 0.15) is 30.5 Å². The molecule has 0 saturated heterocycles. The number of carbonyl (C=O) groups is 2. The van der Waals surface area contributed by atoms with Crippen LogP contribution in [-0.2, 0) is 11.2 Å². The molecule has 182 valence electrons. The van der Waals surface area contributed by atoms with Gasteiger partial charge < -0.3 is 19.3 Å². The quantitative estimate of drug-likeness (QED) is 0.404. The van der Waals surface area contributed by atoms with Gasteiger partial charge in [0.05, 0.1) is 13.2 Å². The Bertz CT molecular complexity index is 1190. The van der Waals surface area contributed by atoms with Crippen molar-refractivity contribution >= 4 is 23.2 Å². The lowest BCUT2D eigenvalue weighted by Crippen LogP contribution is -2.47. The molecule has 1 atom stereocenters. The third kappa shape index (κ3) is 5.71. The van der Waals surface area contributed by atoms with Gasteiger partial charge in [0.2, 0.25) is 5.91 Å². The summed E-state index contributed by atoms with van der Waals surface area (Å²) in [7, 11) is 1.56. The standard InChI is InChI=1S/C27H27FN2O4S/c1-3-13-29(27(32)19-7-9-21(33-2)10-8-19)17-26(31)30-14-11-25-23(12-15-35-25)24(30)18-34-22-6-4-5-20(28)16-22/h3-10,12,15-16,24H,1,11,13-14,17-18H2,2H3/t24-/m0/s1. The summed E-state index contributed by atoms with van der Waals surface area (Å²) in [5, 5.41) is 2.01. The Labute approximate surface area is 208 Å². The van der Waals surface area contributed by atoms with Gasteiger partial charge in [-0.3, -0.25) is 9.59 Å². The van der Waals surface area contributed by atoms with Crippen molar-refractivity contribution in [1.29, 1.82) is 0 Å². The van der Waals surface area contributed by atoms with E-state index >= 15 is 0 Å². The lowest BCUT2D eigenvalue weighted by atomic mass is 10.0. The Hall–Kier alpha value is -3.65. The van der Waals surface area contributed by atoms with Crippen molar-refractivity contribution in [1.82, 2.24) is 9.80 Å². The van der Waals surface area contributed by atoms with E-state index in [2.05, 4.69) is 6.58 Å². The molecule has 2 aromatic carbocycles. The Morgan fingerprint density at radius 3 is 2.71 bits per heavy atom. The fourth-order valence-corrected chi connectivity index (χ4v) is 5.08. The second-order valence-corrected chi connectivity index (χ2v) is 9.12. The number of ether oxygens (including phenoxy) is 2. The molecule has 1 aliphatic heterocycles. The minimum absolute atomic E-state index is 0.0905. The topological polar surface area (TPSA) is 59.1 Å². The molecule has 1 aromatic heterocycles. The first-order valence-corrected chi connectivity index (χ1v) is 12.2. The van der Waals surface area contributed by atoms with Crippen molar-refractivity contribution in [2.45, 2.75) is 12.5 Å². The first kappa shape index (κ1) is 24.5. The summed E-state index contributed by atoms with van der Waals surface area (Å²) in [5.41, 5.74) is 1.49. The van der Waals surface area contributed by atoms with Gasteiger partial charge in [-0.25, -0.2) is 4.39 Å². The van der Waals surface area contributed by atoms with Crippen LogP contribution in [0.15, 0.2) is 72.6 Å². The van der Waals surface area contributed by atoms with E-state index in [0.29, 0.717) is 23.6 Å². The lowest BCUT2D eigenvalue weighted by molar-refractivity contribution is -0.135. The van der Waals surface area contributed by atoms with Gasteiger partial charge in [-0.2, -0.15) is 0 Å². The van der Waals surface area contributed by atoms with Gasteiger partial charge >= 0.3 is 0 Å². The number of nitrogens with zero attached hydrogens (tertiary/aromatic N) is 2. The highest BCUT2D eigenvalue weighted by Crippen LogP contribution is 2.34. The molecule has 0 unspecified atom stereocenters. The highest BCUT2D eigenvalue weighted by atomic mass is 32.1. The minimum Gasteiger partial charge on any atom is -0.497 e. The Morgan fingerprint density at radius 2 is 2.00 bits per heavy atom. The number of rotatable bonds is 9. The van der Waals surface area contributed by atoms with Crippen LogP contribution < -0.4 is 9.47 Å². The largest absolute Gasteiger partial charge is 0.497 e. The van der Waals surface area contributed by atoms with Crippen molar-refractivity contribution in [2.24, 2.45) is 0 Å². The number of hydrogen-bond donors (Lipinski definition) is 0. The molecule has 35 heavy (non-hydrogen) atoms. The molecule has 0 spiro atoms. The number of benzene rings is 2. The Morgan fingerprint density at radius 1 is 1.20 bits per heavy atom. The van der Waals surface area contributed by atoms with Crippen LogP contribution in [0.1, 0.15) is 26.8 Å². The fourth-order valence-electron chi connectivity index (χ4n) is 4.15. The van der Waals surface area contributed by atoms with Gasteiger partial charge in [0.25, 0.3) is 5.91 Å². The molecule has 0 N–H and O–H groups in total. The van der Waals surface area contributed by atoms with Crippen molar-refractivity contribution in [3.63, 3.8) is 0 Å². The molecule has 3 aromatic rings. The molecular formula is C27H27FN2O4S. The first-order valence-electron chi connectivity index (χ1n) is 11.3. The number of methoxy groups -OCH3 is 1. The summed E-state index contributed by atoms with van der Waals surface area (Å²) < 4.78 is 24.7. The minimum atomic E-state index is -0.382. The monoisotopic (exact) mass is 494 g/mol. The zero-order valence-electron chi connectivity index (χ0n) is 19.5. The maximum atomic E-state index is 13.6. The van der Waals surface area contributed by atoms with Crippen LogP contribution >= 0.6 is 11.3 Å². The third-order valence-electron chi connectivity index (χ3n) is 5.92. The first-order chi connectivity index (χ1) is 17.0. The van der Waals surface area contributed by atoms with Crippen LogP contribution in [0.3, 0.4) is 0 Å². The van der Waals surface area contributed by atoms with Crippen LogP contribution in [0.2, 0.25) is 0 Å². The van der Waals surface area contributed by atoms with E-state index in [1.165, 1.54) is 21.9 Å². The molecule has 0 saturated carbocycles. The van der Waals surface area contributed by atoms with Gasteiger partial charge in [-0.15, -0.1) is 17.9 Å². The van der Waals surface area contributed by atoms with Crippen molar-refractivity contribution in [3.05, 3.63) is 94.5 Å². The van der Waals surface area contributed by atoms with Crippen molar-refractivity contribution < 1.29 is 23.5 Å². The summed E-state index contributed by atoms with van der Waals surface area (Å²) in [5.74, 6) is 0.226. The van der Waals surface area contributed by atoms with E-state index in [9.17, 15) is 14.0 Å². The zero-order chi connectivity index (χ0) is 24.8. The Balaban J connectivity index is 1.51. The smallest absolute Gasteiger partial charge is 0.254 e. The van der Waals surface area contributed by atoms with E-state index in [1.807, 2.05) is 11.4 Å². The SMILES string of the molecule is C=CCN(CC(=O)N1CCc2sccc2[C@@H]1COc1cccc(F)c1)C(=O)c1ccc(OC)cc1. The summed E-state index contributed by atoms with van der Waals surface area (Å²) in [4.78, 5) is 31.1. The number of thiophene rings is 1. The number of fused-ring (bicyclic) bond motifs is 1. The normalized spacial score (nSPS) is 14.7. The highest BCUT2D eigenvalue weighted by Gasteiger charge is 2.33. The predicted molar refractivity (Wildman–Crippen MR) is 133 cm³/mol. The summed E-state index contributed by atoms with van der Waals surface area (Å²) in [6, 6.07) is 14.4. The van der Waals surface area contributed by atoms with E-state index in [4.69, 9.17) is 9.47 Å². The second kappa shape index (κ2) is 11.2. The average Bonchev–Trinajstić information content (AvgIpc) is 3.36. The van der Waals surface area contributed by atoms with E-state index in [0.717, 1.165) is 12.0 Å². The van der Waals surface area contributed by atoms with Crippen LogP contribution in [0, 0.1) is 5.82 Å². The molecule has 0 bridgehead atoms. The molecule has 4 rings (SSSR count). The van der Waals surface area contributed by atoms with E-state index in [1.54, 1.807) is 65.8 Å². The van der Waals surface area contributed by atoms with Crippen molar-refractivity contribution in [2.75, 3.05) is 33.4 Å². The summed E-state index contributed by atoms with van der Waals surface area (Å²) in [6.07, 6.45) is 2.34. The maximum absolute atomic E-state index is 13.6. The van der Waals surface area contributed by atoms with Crippen molar-refractivity contribution in [3.8, 4) is 11.5 Å². The zero-order valence-corrected chi connectivity index (χ0v) is 20.3. The van der Waals surface area contributed by atoms with Crippen LogP contribution in [0.4, 0.5) is 4.39 Å². The molecule has 1 aliphatic rings. The van der Waals surface area contributed by atoms with Gasteiger partial charge in [0, 0.05) is 29.6 Å². The molecule has 0 fully saturated rings. The lowest BCUT2D eigenvalue weighted by Gasteiger charge is -2.37. The van der Waals surface area contributed by atoms with Gasteiger partial charge in [0.15, 0.2) is 0 Å². The van der Waals surface area contributed by atoms with Gasteiger partial charge in [-0.1, -0.05) is 12.1 Å².